The van der Waals surface area contributed by atoms with Gasteiger partial charge in [-0.05, 0) is 153 Å². The summed E-state index contributed by atoms with van der Waals surface area (Å²) < 4.78 is 0. The first-order chi connectivity index (χ1) is 33.0. The summed E-state index contributed by atoms with van der Waals surface area (Å²) in [5, 5.41) is 0. The fraction of sp³-hybridized carbons (Fsp3) is 0.0635. The standard InChI is InChI=1S/C63H46N4/c1-62(2)54-29-17-15-27-50(54)52-34-31-49(39-57(52)62)67-60-35-32-47(65(43-19-7-3-8-20-43)44-21-9-4-10-22-44)40-58(60)63(55-30-18-16-28-51(55)53-42-64-38-37-56(53)63)59-41-48(33-36-61(59)67)66(45-23-11-5-12-24-45)46-25-13-6-14-26-46/h3-42H,1-2H3. The molecule has 2 heterocycles. The molecule has 0 atom stereocenters. The number of rotatable bonds is 7. The number of nitrogens with zero attached hydrogens (tertiary/aromatic N) is 4. The molecule has 0 saturated heterocycles. The maximum atomic E-state index is 4.79. The molecule has 67 heavy (non-hydrogen) atoms. The predicted molar refractivity (Wildman–Crippen MR) is 277 cm³/mol. The molecule has 0 unspecified atom stereocenters. The third kappa shape index (κ3) is 5.76. The Morgan fingerprint density at radius 2 is 0.776 bits per heavy atom. The van der Waals surface area contributed by atoms with Crippen molar-refractivity contribution in [2.75, 3.05) is 14.7 Å². The van der Waals surface area contributed by atoms with Crippen LogP contribution in [0.3, 0.4) is 0 Å². The zero-order chi connectivity index (χ0) is 44.7. The Kier molecular flexibility index (Phi) is 8.75. The average Bonchev–Trinajstić information content (AvgIpc) is 3.81. The van der Waals surface area contributed by atoms with E-state index < -0.39 is 5.41 Å². The summed E-state index contributed by atoms with van der Waals surface area (Å²) in [6.07, 6.45) is 4.05. The van der Waals surface area contributed by atoms with Gasteiger partial charge < -0.3 is 14.7 Å². The predicted octanol–water partition coefficient (Wildman–Crippen LogP) is 16.5. The monoisotopic (exact) mass is 858 g/mol. The van der Waals surface area contributed by atoms with Crippen LogP contribution in [0.15, 0.2) is 243 Å². The number of hydrogen-bond acceptors (Lipinski definition) is 4. The van der Waals surface area contributed by atoms with E-state index in [2.05, 4.69) is 265 Å². The fourth-order valence-corrected chi connectivity index (χ4v) is 11.6. The van der Waals surface area contributed by atoms with Gasteiger partial charge in [-0.15, -0.1) is 0 Å². The summed E-state index contributed by atoms with van der Waals surface area (Å²) in [7, 11) is 0. The Balaban J connectivity index is 1.15. The molecule has 9 aromatic carbocycles. The van der Waals surface area contributed by atoms with Gasteiger partial charge in [0.1, 0.15) is 0 Å². The SMILES string of the molecule is CC1(C)c2ccccc2-c2ccc(N3c4ccc(N(c5ccccc5)c5ccccc5)cc4C4(c5ccccc5-c5cnccc54)c4cc(N(c5ccccc5)c5ccccc5)ccc43)cc21. The topological polar surface area (TPSA) is 22.6 Å². The highest BCUT2D eigenvalue weighted by molar-refractivity contribution is 5.99. The molecule has 3 aliphatic rings. The lowest BCUT2D eigenvalue weighted by Crippen LogP contribution is -2.36. The molecule has 0 N–H and O–H groups in total. The van der Waals surface area contributed by atoms with E-state index in [1.807, 2.05) is 6.20 Å². The molecule has 10 aromatic rings. The van der Waals surface area contributed by atoms with Gasteiger partial charge in [0.2, 0.25) is 0 Å². The van der Waals surface area contributed by atoms with E-state index in [0.29, 0.717) is 0 Å². The first kappa shape index (κ1) is 38.9. The Morgan fingerprint density at radius 3 is 1.30 bits per heavy atom. The Labute approximate surface area is 392 Å². The van der Waals surface area contributed by atoms with Crippen molar-refractivity contribution in [1.29, 1.82) is 0 Å². The van der Waals surface area contributed by atoms with E-state index in [1.165, 1.54) is 50.1 Å². The second-order valence-electron chi connectivity index (χ2n) is 18.4. The highest BCUT2D eigenvalue weighted by Gasteiger charge is 2.52. The zero-order valence-corrected chi connectivity index (χ0v) is 37.4. The molecule has 2 aliphatic carbocycles. The zero-order valence-electron chi connectivity index (χ0n) is 37.4. The van der Waals surface area contributed by atoms with Gasteiger partial charge in [0, 0.05) is 63.2 Å². The third-order valence-electron chi connectivity index (χ3n) is 14.5. The van der Waals surface area contributed by atoms with Crippen molar-refractivity contribution in [3.63, 3.8) is 0 Å². The van der Waals surface area contributed by atoms with Crippen molar-refractivity contribution in [1.82, 2.24) is 4.98 Å². The first-order valence-electron chi connectivity index (χ1n) is 23.2. The van der Waals surface area contributed by atoms with Crippen molar-refractivity contribution in [3.8, 4) is 22.3 Å². The minimum absolute atomic E-state index is 0.174. The van der Waals surface area contributed by atoms with Crippen LogP contribution in [0.4, 0.5) is 51.2 Å². The number of benzene rings is 9. The quantitative estimate of drug-likeness (QED) is 0.159. The lowest BCUT2D eigenvalue weighted by atomic mass is 9.64. The largest absolute Gasteiger partial charge is 0.310 e. The van der Waals surface area contributed by atoms with Gasteiger partial charge >= 0.3 is 0 Å². The van der Waals surface area contributed by atoms with Crippen LogP contribution < -0.4 is 14.7 Å². The van der Waals surface area contributed by atoms with Gasteiger partial charge in [-0.3, -0.25) is 4.98 Å². The first-order valence-corrected chi connectivity index (χ1v) is 23.2. The Bertz CT molecular complexity index is 3250. The van der Waals surface area contributed by atoms with Crippen molar-refractivity contribution in [2.24, 2.45) is 0 Å². The molecule has 318 valence electrons. The van der Waals surface area contributed by atoms with Crippen molar-refractivity contribution >= 4 is 51.2 Å². The molecular formula is C63H46N4. The third-order valence-corrected chi connectivity index (χ3v) is 14.5. The van der Waals surface area contributed by atoms with Gasteiger partial charge in [0.25, 0.3) is 0 Å². The molecule has 0 bridgehead atoms. The number of hydrogen-bond donors (Lipinski definition) is 0. The second kappa shape index (κ2) is 15.0. The lowest BCUT2D eigenvalue weighted by molar-refractivity contribution is 0.660. The van der Waals surface area contributed by atoms with E-state index in [1.54, 1.807) is 0 Å². The smallest absolute Gasteiger partial charge is 0.0756 e. The molecule has 13 rings (SSSR count). The Hall–Kier alpha value is -8.47. The average molecular weight is 859 g/mol. The van der Waals surface area contributed by atoms with Gasteiger partial charge in [-0.1, -0.05) is 141 Å². The van der Waals surface area contributed by atoms with Gasteiger partial charge in [-0.25, -0.2) is 0 Å². The lowest BCUT2D eigenvalue weighted by Gasteiger charge is -2.46. The van der Waals surface area contributed by atoms with Crippen molar-refractivity contribution < 1.29 is 0 Å². The molecule has 1 aliphatic heterocycles. The summed E-state index contributed by atoms with van der Waals surface area (Å²) in [5.41, 5.74) is 21.6. The molecule has 1 aromatic heterocycles. The summed E-state index contributed by atoms with van der Waals surface area (Å²) in [6, 6.07) is 84.7. The number of anilines is 9. The van der Waals surface area contributed by atoms with Crippen LogP contribution in [0.25, 0.3) is 22.3 Å². The van der Waals surface area contributed by atoms with Gasteiger partial charge in [-0.2, -0.15) is 0 Å². The molecule has 4 nitrogen and oxygen atoms in total. The number of aromatic nitrogens is 1. The van der Waals surface area contributed by atoms with E-state index in [4.69, 9.17) is 4.98 Å². The number of fused-ring (bicyclic) bond motifs is 12. The molecule has 4 heteroatoms. The van der Waals surface area contributed by atoms with Crippen LogP contribution in [-0.2, 0) is 10.8 Å². The highest BCUT2D eigenvalue weighted by atomic mass is 15.2. The van der Waals surface area contributed by atoms with Gasteiger partial charge in [0.15, 0.2) is 0 Å². The van der Waals surface area contributed by atoms with Crippen LogP contribution in [0, 0.1) is 0 Å². The van der Waals surface area contributed by atoms with E-state index in [9.17, 15) is 0 Å². The van der Waals surface area contributed by atoms with Crippen LogP contribution in [-0.4, -0.2) is 4.98 Å². The van der Waals surface area contributed by atoms with E-state index in [-0.39, 0.29) is 5.41 Å². The van der Waals surface area contributed by atoms with E-state index in [0.717, 1.165) is 56.7 Å². The fourth-order valence-electron chi connectivity index (χ4n) is 11.6. The van der Waals surface area contributed by atoms with Gasteiger partial charge in [0.05, 0.1) is 16.8 Å². The number of para-hydroxylation sites is 4. The van der Waals surface area contributed by atoms with Crippen LogP contribution in [0.1, 0.15) is 47.2 Å². The molecule has 0 amide bonds. The Morgan fingerprint density at radius 1 is 0.343 bits per heavy atom. The minimum Gasteiger partial charge on any atom is -0.310 e. The summed E-state index contributed by atoms with van der Waals surface area (Å²) in [4.78, 5) is 12.1. The van der Waals surface area contributed by atoms with Crippen LogP contribution >= 0.6 is 0 Å². The minimum atomic E-state index is -0.730. The molecule has 0 fully saturated rings. The summed E-state index contributed by atoms with van der Waals surface area (Å²) in [6.45, 7) is 4.74. The molecule has 1 spiro atoms. The highest BCUT2D eigenvalue weighted by Crippen LogP contribution is 2.65. The maximum Gasteiger partial charge on any atom is 0.0756 e. The summed E-state index contributed by atoms with van der Waals surface area (Å²) in [5.74, 6) is 0. The summed E-state index contributed by atoms with van der Waals surface area (Å²) >= 11 is 0. The van der Waals surface area contributed by atoms with Crippen molar-refractivity contribution in [3.05, 3.63) is 276 Å². The number of pyridine rings is 1. The molecule has 0 radical (unpaired) electrons. The molecule has 0 saturated carbocycles. The van der Waals surface area contributed by atoms with Crippen LogP contribution in [0.2, 0.25) is 0 Å². The second-order valence-corrected chi connectivity index (χ2v) is 18.4. The maximum absolute atomic E-state index is 4.79. The normalized spacial score (nSPS) is 14.0. The molecular weight excluding hydrogens is 813 g/mol. The van der Waals surface area contributed by atoms with E-state index >= 15 is 0 Å². The van der Waals surface area contributed by atoms with Crippen LogP contribution in [0.5, 0.6) is 0 Å². The van der Waals surface area contributed by atoms with Crippen molar-refractivity contribution in [2.45, 2.75) is 24.7 Å².